The van der Waals surface area contributed by atoms with Gasteiger partial charge in [-0.1, -0.05) is 6.07 Å². The van der Waals surface area contributed by atoms with Crippen molar-refractivity contribution in [1.82, 2.24) is 5.32 Å². The second kappa shape index (κ2) is 4.61. The maximum Gasteiger partial charge on any atom is 0.165 e. The molecule has 1 aromatic carbocycles. The van der Waals surface area contributed by atoms with Gasteiger partial charge in [-0.2, -0.15) is 0 Å². The molecule has 0 spiro atoms. The van der Waals surface area contributed by atoms with E-state index in [0.29, 0.717) is 18.1 Å². The van der Waals surface area contributed by atoms with Crippen LogP contribution in [0.4, 0.5) is 8.78 Å². The first kappa shape index (κ1) is 12.3. The highest BCUT2D eigenvalue weighted by atomic mass is 19.1. The topological polar surface area (TPSA) is 21.3 Å². The second-order valence-electron chi connectivity index (χ2n) is 4.95. The number of halogens is 2. The summed E-state index contributed by atoms with van der Waals surface area (Å²) in [4.78, 5) is 0. The molecule has 0 bridgehead atoms. The number of hydrogen-bond acceptors (Lipinski definition) is 2. The number of nitrogens with one attached hydrogen (secondary N) is 1. The highest BCUT2D eigenvalue weighted by Crippen LogP contribution is 2.28. The Morgan fingerprint density at radius 1 is 1.41 bits per heavy atom. The highest BCUT2D eigenvalue weighted by molar-refractivity contribution is 5.32. The van der Waals surface area contributed by atoms with Crippen LogP contribution in [0.2, 0.25) is 0 Å². The molecule has 94 valence electrons. The molecule has 1 heterocycles. The molecule has 1 saturated heterocycles. The van der Waals surface area contributed by atoms with Crippen molar-refractivity contribution >= 4 is 0 Å². The van der Waals surface area contributed by atoms with Gasteiger partial charge >= 0.3 is 0 Å². The number of ether oxygens (including phenoxy) is 1. The lowest BCUT2D eigenvalue weighted by molar-refractivity contribution is 0.191. The van der Waals surface area contributed by atoms with Gasteiger partial charge in [-0.3, -0.25) is 0 Å². The van der Waals surface area contributed by atoms with Crippen molar-refractivity contribution in [3.63, 3.8) is 0 Å². The average Bonchev–Trinajstić information content (AvgIpc) is 2.16. The average molecular weight is 241 g/mol. The molecular weight excluding hydrogens is 224 g/mol. The van der Waals surface area contributed by atoms with Crippen LogP contribution in [0, 0.1) is 11.7 Å². The molecule has 0 radical (unpaired) electrons. The molecule has 1 aromatic rings. The van der Waals surface area contributed by atoms with E-state index in [0.717, 1.165) is 13.1 Å². The van der Waals surface area contributed by atoms with E-state index in [-0.39, 0.29) is 5.75 Å². The number of benzene rings is 1. The first-order valence-corrected chi connectivity index (χ1v) is 5.79. The Kier molecular flexibility index (Phi) is 3.33. The van der Waals surface area contributed by atoms with Gasteiger partial charge in [0.1, 0.15) is 5.67 Å². The minimum absolute atomic E-state index is 0.199. The first-order valence-electron chi connectivity index (χ1n) is 5.79. The van der Waals surface area contributed by atoms with Gasteiger partial charge in [-0.05, 0) is 31.5 Å². The van der Waals surface area contributed by atoms with Gasteiger partial charge in [0.2, 0.25) is 0 Å². The molecular formula is C13H17F2NO. The van der Waals surface area contributed by atoms with E-state index >= 15 is 0 Å². The van der Waals surface area contributed by atoms with Crippen molar-refractivity contribution in [2.24, 2.45) is 5.92 Å². The number of rotatable bonds is 4. The predicted molar refractivity (Wildman–Crippen MR) is 62.4 cm³/mol. The summed E-state index contributed by atoms with van der Waals surface area (Å²) in [5.41, 5.74) is -1.20. The Bertz CT molecular complexity index is 397. The number of alkyl halides is 1. The monoisotopic (exact) mass is 241 g/mol. The molecule has 0 unspecified atom stereocenters. The SMILES string of the molecule is CC(C)(F)c1ccc(OCC2CNC2)c(F)c1. The molecule has 2 nitrogen and oxygen atoms in total. The molecule has 1 fully saturated rings. The molecule has 0 atom stereocenters. The Morgan fingerprint density at radius 2 is 2.12 bits per heavy atom. The predicted octanol–water partition coefficient (Wildman–Crippen LogP) is 2.63. The van der Waals surface area contributed by atoms with E-state index in [1.54, 1.807) is 6.07 Å². The fraction of sp³-hybridized carbons (Fsp3) is 0.538. The van der Waals surface area contributed by atoms with Gasteiger partial charge in [0, 0.05) is 19.0 Å². The largest absolute Gasteiger partial charge is 0.490 e. The smallest absolute Gasteiger partial charge is 0.165 e. The summed E-state index contributed by atoms with van der Waals surface area (Å²) in [6, 6.07) is 4.27. The van der Waals surface area contributed by atoms with Gasteiger partial charge in [-0.15, -0.1) is 0 Å². The molecule has 17 heavy (non-hydrogen) atoms. The second-order valence-corrected chi connectivity index (χ2v) is 4.95. The first-order chi connectivity index (χ1) is 7.97. The van der Waals surface area contributed by atoms with E-state index < -0.39 is 11.5 Å². The van der Waals surface area contributed by atoms with Crippen LogP contribution >= 0.6 is 0 Å². The summed E-state index contributed by atoms with van der Waals surface area (Å²) >= 11 is 0. The van der Waals surface area contributed by atoms with Crippen LogP contribution in [0.15, 0.2) is 18.2 Å². The van der Waals surface area contributed by atoms with Gasteiger partial charge < -0.3 is 10.1 Å². The molecule has 0 saturated carbocycles. The zero-order chi connectivity index (χ0) is 12.5. The third-order valence-corrected chi connectivity index (χ3v) is 2.96. The lowest BCUT2D eigenvalue weighted by Gasteiger charge is -2.27. The Balaban J connectivity index is 2.03. The fourth-order valence-electron chi connectivity index (χ4n) is 1.66. The lowest BCUT2D eigenvalue weighted by Crippen LogP contribution is -2.45. The molecule has 1 aliphatic heterocycles. The van der Waals surface area contributed by atoms with Crippen molar-refractivity contribution in [3.05, 3.63) is 29.6 Å². The number of hydrogen-bond donors (Lipinski definition) is 1. The van der Waals surface area contributed by atoms with Crippen LogP contribution in [0.1, 0.15) is 19.4 Å². The van der Waals surface area contributed by atoms with Crippen LogP contribution < -0.4 is 10.1 Å². The summed E-state index contributed by atoms with van der Waals surface area (Å²) in [6.45, 7) is 5.14. The van der Waals surface area contributed by atoms with E-state index in [4.69, 9.17) is 4.74 Å². The van der Waals surface area contributed by atoms with Gasteiger partial charge in [-0.25, -0.2) is 8.78 Å². The zero-order valence-electron chi connectivity index (χ0n) is 10.1. The third kappa shape index (κ3) is 2.94. The fourth-order valence-corrected chi connectivity index (χ4v) is 1.66. The summed E-state index contributed by atoms with van der Waals surface area (Å²) in [6.07, 6.45) is 0. The quantitative estimate of drug-likeness (QED) is 0.875. The normalized spacial score (nSPS) is 16.7. The van der Waals surface area contributed by atoms with E-state index in [9.17, 15) is 8.78 Å². The summed E-state index contributed by atoms with van der Waals surface area (Å²) in [5, 5.41) is 3.12. The van der Waals surface area contributed by atoms with Crippen molar-refractivity contribution in [2.45, 2.75) is 19.5 Å². The van der Waals surface area contributed by atoms with Gasteiger partial charge in [0.05, 0.1) is 6.61 Å². The van der Waals surface area contributed by atoms with Crippen LogP contribution in [0.25, 0.3) is 0 Å². The summed E-state index contributed by atoms with van der Waals surface area (Å²) < 4.78 is 32.6. The Morgan fingerprint density at radius 3 is 2.59 bits per heavy atom. The third-order valence-electron chi connectivity index (χ3n) is 2.96. The van der Waals surface area contributed by atoms with Crippen LogP contribution in [0.5, 0.6) is 5.75 Å². The van der Waals surface area contributed by atoms with Crippen LogP contribution in [-0.2, 0) is 5.67 Å². The molecule has 4 heteroatoms. The zero-order valence-corrected chi connectivity index (χ0v) is 10.1. The van der Waals surface area contributed by atoms with E-state index in [2.05, 4.69) is 5.32 Å². The van der Waals surface area contributed by atoms with Crippen LogP contribution in [0.3, 0.4) is 0 Å². The van der Waals surface area contributed by atoms with Crippen molar-refractivity contribution in [1.29, 1.82) is 0 Å². The highest BCUT2D eigenvalue weighted by Gasteiger charge is 2.21. The van der Waals surface area contributed by atoms with Gasteiger partial charge in [0.25, 0.3) is 0 Å². The molecule has 0 aliphatic carbocycles. The Hall–Kier alpha value is -1.16. The van der Waals surface area contributed by atoms with E-state index in [1.807, 2.05) is 0 Å². The summed E-state index contributed by atoms with van der Waals surface area (Å²) in [5.74, 6) is 0.150. The molecule has 0 aromatic heterocycles. The van der Waals surface area contributed by atoms with Gasteiger partial charge in [0.15, 0.2) is 11.6 Å². The van der Waals surface area contributed by atoms with Crippen LogP contribution in [-0.4, -0.2) is 19.7 Å². The molecule has 2 rings (SSSR count). The summed E-state index contributed by atoms with van der Waals surface area (Å²) in [7, 11) is 0. The van der Waals surface area contributed by atoms with Crippen molar-refractivity contribution in [2.75, 3.05) is 19.7 Å². The van der Waals surface area contributed by atoms with Crippen molar-refractivity contribution < 1.29 is 13.5 Å². The minimum Gasteiger partial charge on any atom is -0.490 e. The van der Waals surface area contributed by atoms with Crippen molar-refractivity contribution in [3.8, 4) is 5.75 Å². The lowest BCUT2D eigenvalue weighted by atomic mass is 10.00. The van der Waals surface area contributed by atoms with E-state index in [1.165, 1.54) is 26.0 Å². The molecule has 1 aliphatic rings. The molecule has 0 amide bonds. The maximum atomic E-state index is 13.6. The minimum atomic E-state index is -1.53. The standard InChI is InChI=1S/C13H17F2NO/c1-13(2,15)10-3-4-12(11(14)5-10)17-8-9-6-16-7-9/h3-5,9,16H,6-8H2,1-2H3. The maximum absolute atomic E-state index is 13.6. The Labute approximate surface area is 100.0 Å². The molecule has 1 N–H and O–H groups in total.